The van der Waals surface area contributed by atoms with Crippen molar-refractivity contribution in [3.63, 3.8) is 0 Å². The van der Waals surface area contributed by atoms with Crippen molar-refractivity contribution in [1.29, 1.82) is 0 Å². The van der Waals surface area contributed by atoms with Gasteiger partial charge in [-0.3, -0.25) is 4.79 Å². The van der Waals surface area contributed by atoms with Gasteiger partial charge in [0.25, 0.3) is 0 Å². The van der Waals surface area contributed by atoms with Crippen LogP contribution in [0, 0.1) is 17.3 Å². The lowest BCUT2D eigenvalue weighted by atomic mass is 9.73. The second-order valence-corrected chi connectivity index (χ2v) is 5.13. The summed E-state index contributed by atoms with van der Waals surface area (Å²) in [5.41, 5.74) is 3.69. The van der Waals surface area contributed by atoms with Crippen LogP contribution in [0.5, 0.6) is 0 Å². The van der Waals surface area contributed by atoms with Crippen molar-refractivity contribution >= 4 is 6.29 Å². The van der Waals surface area contributed by atoms with Crippen LogP contribution in [-0.4, -0.2) is 6.29 Å². The van der Waals surface area contributed by atoms with E-state index in [1.54, 1.807) is 0 Å². The molecular formula is C15H20O. The first-order chi connectivity index (χ1) is 7.47. The maximum atomic E-state index is 10.3. The Morgan fingerprint density at radius 1 is 1.44 bits per heavy atom. The van der Waals surface area contributed by atoms with Crippen molar-refractivity contribution in [2.45, 2.75) is 47.0 Å². The van der Waals surface area contributed by atoms with Gasteiger partial charge in [0, 0.05) is 11.1 Å². The van der Waals surface area contributed by atoms with Crippen LogP contribution in [0.1, 0.15) is 47.0 Å². The van der Waals surface area contributed by atoms with E-state index in [0.717, 1.165) is 18.3 Å². The summed E-state index contributed by atoms with van der Waals surface area (Å²) in [5.74, 6) is 6.31. The molecule has 0 atom stereocenters. The number of carbonyl (C=O) groups is 1. The molecule has 0 heterocycles. The molecule has 0 radical (unpaired) electrons. The fourth-order valence-corrected chi connectivity index (χ4v) is 2.20. The van der Waals surface area contributed by atoms with Crippen LogP contribution in [0.25, 0.3) is 0 Å². The highest BCUT2D eigenvalue weighted by molar-refractivity contribution is 5.68. The largest absolute Gasteiger partial charge is 0.299 e. The predicted octanol–water partition coefficient (Wildman–Crippen LogP) is 3.66. The molecule has 1 aliphatic rings. The van der Waals surface area contributed by atoms with Crippen LogP contribution in [0.15, 0.2) is 22.8 Å². The first-order valence-electron chi connectivity index (χ1n) is 5.81. The molecule has 0 N–H and O–H groups in total. The zero-order valence-corrected chi connectivity index (χ0v) is 10.7. The number of aldehydes is 1. The van der Waals surface area contributed by atoms with E-state index in [9.17, 15) is 4.79 Å². The Labute approximate surface area is 98.6 Å². The molecule has 0 bridgehead atoms. The van der Waals surface area contributed by atoms with Gasteiger partial charge in [-0.1, -0.05) is 31.3 Å². The van der Waals surface area contributed by atoms with E-state index in [2.05, 4.69) is 32.6 Å². The highest BCUT2D eigenvalue weighted by atomic mass is 16.1. The van der Waals surface area contributed by atoms with Gasteiger partial charge >= 0.3 is 0 Å². The number of allylic oxidation sites excluding steroid dienone is 4. The Morgan fingerprint density at radius 2 is 2.12 bits per heavy atom. The molecule has 1 aliphatic carbocycles. The van der Waals surface area contributed by atoms with Crippen molar-refractivity contribution in [1.82, 2.24) is 0 Å². The van der Waals surface area contributed by atoms with E-state index in [-0.39, 0.29) is 5.41 Å². The molecule has 0 fully saturated rings. The Balaban J connectivity index is 3.02. The monoisotopic (exact) mass is 216 g/mol. The molecule has 0 aromatic carbocycles. The number of rotatable bonds is 1. The van der Waals surface area contributed by atoms with Gasteiger partial charge < -0.3 is 0 Å². The van der Waals surface area contributed by atoms with Gasteiger partial charge in [0.15, 0.2) is 0 Å². The second kappa shape index (κ2) is 5.16. The smallest absolute Gasteiger partial charge is 0.143 e. The summed E-state index contributed by atoms with van der Waals surface area (Å²) in [6.07, 6.45) is 5.91. The molecule has 0 saturated heterocycles. The Bertz CT molecular complexity index is 397. The van der Waals surface area contributed by atoms with Gasteiger partial charge in [-0.25, -0.2) is 0 Å². The molecule has 1 nitrogen and oxygen atoms in total. The van der Waals surface area contributed by atoms with Crippen molar-refractivity contribution in [2.75, 3.05) is 0 Å². The van der Waals surface area contributed by atoms with Crippen LogP contribution >= 0.6 is 0 Å². The second-order valence-electron chi connectivity index (χ2n) is 5.13. The number of carbonyl (C=O) groups excluding carboxylic acids is 1. The van der Waals surface area contributed by atoms with Gasteiger partial charge in [-0.2, -0.15) is 0 Å². The van der Waals surface area contributed by atoms with Crippen molar-refractivity contribution < 1.29 is 4.79 Å². The lowest BCUT2D eigenvalue weighted by Crippen LogP contribution is -2.19. The summed E-state index contributed by atoms with van der Waals surface area (Å²) < 4.78 is 0. The summed E-state index contributed by atoms with van der Waals surface area (Å²) in [4.78, 5) is 10.3. The van der Waals surface area contributed by atoms with E-state index < -0.39 is 0 Å². The summed E-state index contributed by atoms with van der Waals surface area (Å²) in [6, 6.07) is 0. The van der Waals surface area contributed by atoms with E-state index in [1.807, 2.05) is 6.92 Å². The fraction of sp³-hybridized carbons (Fsp3) is 0.533. The predicted molar refractivity (Wildman–Crippen MR) is 67.9 cm³/mol. The first-order valence-corrected chi connectivity index (χ1v) is 5.81. The Kier molecular flexibility index (Phi) is 4.12. The van der Waals surface area contributed by atoms with Gasteiger partial charge in [0.05, 0.1) is 0 Å². The zero-order valence-electron chi connectivity index (χ0n) is 10.7. The minimum absolute atomic E-state index is 0.191. The maximum Gasteiger partial charge on any atom is 0.143 e. The zero-order chi connectivity index (χ0) is 12.2. The summed E-state index contributed by atoms with van der Waals surface area (Å²) in [5, 5.41) is 0. The highest BCUT2D eigenvalue weighted by Gasteiger charge is 2.27. The van der Waals surface area contributed by atoms with E-state index in [0.29, 0.717) is 0 Å². The van der Waals surface area contributed by atoms with Gasteiger partial charge in [0.1, 0.15) is 6.29 Å². The molecule has 0 unspecified atom stereocenters. The topological polar surface area (TPSA) is 17.1 Å². The van der Waals surface area contributed by atoms with Crippen LogP contribution in [0.2, 0.25) is 0 Å². The number of hydrogen-bond acceptors (Lipinski definition) is 1. The molecule has 0 aliphatic heterocycles. The molecule has 86 valence electrons. The Hall–Kier alpha value is -1.29. The molecule has 0 spiro atoms. The van der Waals surface area contributed by atoms with Crippen molar-refractivity contribution in [2.24, 2.45) is 5.41 Å². The van der Waals surface area contributed by atoms with Crippen molar-refractivity contribution in [3.8, 4) is 11.8 Å². The molecule has 16 heavy (non-hydrogen) atoms. The minimum Gasteiger partial charge on any atom is -0.299 e. The molecule has 0 saturated carbocycles. The molecule has 1 rings (SSSR count). The molecule has 0 aromatic rings. The summed E-state index contributed by atoms with van der Waals surface area (Å²) in [6.45, 7) is 8.54. The van der Waals surface area contributed by atoms with E-state index in [1.165, 1.54) is 30.1 Å². The molecule has 0 amide bonds. The van der Waals surface area contributed by atoms with Crippen LogP contribution in [0.4, 0.5) is 0 Å². The van der Waals surface area contributed by atoms with Gasteiger partial charge in [0.2, 0.25) is 0 Å². The maximum absolute atomic E-state index is 10.3. The average molecular weight is 216 g/mol. The minimum atomic E-state index is 0.191. The molecule has 0 aromatic heterocycles. The summed E-state index contributed by atoms with van der Waals surface area (Å²) in [7, 11) is 0. The average Bonchev–Trinajstić information content (AvgIpc) is 2.16. The normalized spacial score (nSPS) is 20.1. The third-order valence-electron chi connectivity index (χ3n) is 3.16. The SMILES string of the molecule is CC(C#CC1=C(C)CCCC1(C)C)=CC=O. The Morgan fingerprint density at radius 3 is 2.69 bits per heavy atom. The van der Waals surface area contributed by atoms with Crippen LogP contribution in [0.3, 0.4) is 0 Å². The quantitative estimate of drug-likeness (QED) is 0.371. The highest BCUT2D eigenvalue weighted by Crippen LogP contribution is 2.39. The molecular weight excluding hydrogens is 196 g/mol. The van der Waals surface area contributed by atoms with E-state index in [4.69, 9.17) is 0 Å². The van der Waals surface area contributed by atoms with Gasteiger partial charge in [-0.05, 0) is 44.6 Å². The standard InChI is InChI=1S/C15H20O/c1-12(9-11-16)7-8-14-13(2)6-5-10-15(14,3)4/h9,11H,5-6,10H2,1-4H3. The van der Waals surface area contributed by atoms with Crippen LogP contribution in [-0.2, 0) is 4.79 Å². The van der Waals surface area contributed by atoms with Crippen molar-refractivity contribution in [3.05, 3.63) is 22.8 Å². The van der Waals surface area contributed by atoms with E-state index >= 15 is 0 Å². The number of hydrogen-bond donors (Lipinski definition) is 0. The van der Waals surface area contributed by atoms with Crippen LogP contribution < -0.4 is 0 Å². The third kappa shape index (κ3) is 3.10. The lowest BCUT2D eigenvalue weighted by Gasteiger charge is -2.31. The third-order valence-corrected chi connectivity index (χ3v) is 3.16. The first kappa shape index (κ1) is 12.8. The lowest BCUT2D eigenvalue weighted by molar-refractivity contribution is -0.104. The van der Waals surface area contributed by atoms with Gasteiger partial charge in [-0.15, -0.1) is 0 Å². The molecule has 1 heteroatoms. The fourth-order valence-electron chi connectivity index (χ4n) is 2.20. The summed E-state index contributed by atoms with van der Waals surface area (Å²) >= 11 is 0.